The third-order valence-electron chi connectivity index (χ3n) is 4.43. The quantitative estimate of drug-likeness (QED) is 0.927. The summed E-state index contributed by atoms with van der Waals surface area (Å²) in [6, 6.07) is 6.29. The fourth-order valence-corrected chi connectivity index (χ4v) is 3.21. The summed E-state index contributed by atoms with van der Waals surface area (Å²) >= 11 is 0. The van der Waals surface area contributed by atoms with Crippen LogP contribution in [0.15, 0.2) is 22.7 Å². The molecule has 130 valence electrons. The molecule has 1 atom stereocenters. The summed E-state index contributed by atoms with van der Waals surface area (Å²) in [6.45, 7) is 4.65. The van der Waals surface area contributed by atoms with Crippen molar-refractivity contribution in [3.8, 4) is 6.07 Å². The minimum atomic E-state index is -0.420. The molecule has 25 heavy (non-hydrogen) atoms. The van der Waals surface area contributed by atoms with Crippen LogP contribution < -0.4 is 10.2 Å². The number of nitrogens with one attached hydrogen (secondary N) is 1. The van der Waals surface area contributed by atoms with E-state index in [1.165, 1.54) is 6.07 Å². The number of hydrogen-bond acceptors (Lipinski definition) is 5. The molecule has 0 saturated carbocycles. The summed E-state index contributed by atoms with van der Waals surface area (Å²) in [7, 11) is 0. The van der Waals surface area contributed by atoms with Crippen molar-refractivity contribution < 1.29 is 13.7 Å². The van der Waals surface area contributed by atoms with Gasteiger partial charge in [0.15, 0.2) is 0 Å². The molecule has 1 fully saturated rings. The van der Waals surface area contributed by atoms with E-state index in [9.17, 15) is 9.18 Å². The van der Waals surface area contributed by atoms with Crippen LogP contribution in [0.5, 0.6) is 0 Å². The first-order valence-electron chi connectivity index (χ1n) is 8.18. The van der Waals surface area contributed by atoms with Crippen molar-refractivity contribution in [1.29, 1.82) is 5.26 Å². The molecule has 1 amide bonds. The molecule has 1 aliphatic heterocycles. The van der Waals surface area contributed by atoms with E-state index in [-0.39, 0.29) is 11.9 Å². The van der Waals surface area contributed by atoms with Gasteiger partial charge in [0.1, 0.15) is 17.1 Å². The van der Waals surface area contributed by atoms with Crippen LogP contribution in [0.2, 0.25) is 0 Å². The van der Waals surface area contributed by atoms with Crippen LogP contribution in [-0.4, -0.2) is 30.2 Å². The smallest absolute Gasteiger partial charge is 0.257 e. The lowest BCUT2D eigenvalue weighted by Crippen LogP contribution is -2.48. The Hall–Kier alpha value is -2.88. The molecule has 0 spiro atoms. The van der Waals surface area contributed by atoms with E-state index in [0.29, 0.717) is 41.4 Å². The maximum atomic E-state index is 14.2. The van der Waals surface area contributed by atoms with E-state index in [2.05, 4.69) is 10.5 Å². The first-order valence-corrected chi connectivity index (χ1v) is 8.18. The molecule has 2 heterocycles. The number of carbonyl (C=O) groups excluding carboxylic acids is 1. The van der Waals surface area contributed by atoms with Gasteiger partial charge in [0.25, 0.3) is 5.91 Å². The van der Waals surface area contributed by atoms with Gasteiger partial charge in [-0.2, -0.15) is 5.26 Å². The van der Waals surface area contributed by atoms with Crippen LogP contribution in [0.4, 0.5) is 10.1 Å². The molecule has 1 saturated heterocycles. The normalized spacial score (nSPS) is 17.2. The van der Waals surface area contributed by atoms with Gasteiger partial charge in [-0.05, 0) is 44.9 Å². The van der Waals surface area contributed by atoms with Gasteiger partial charge in [-0.3, -0.25) is 4.79 Å². The maximum absolute atomic E-state index is 14.2. The van der Waals surface area contributed by atoms with Crippen LogP contribution in [0.3, 0.4) is 0 Å². The number of amides is 1. The highest BCUT2D eigenvalue weighted by molar-refractivity contribution is 5.96. The molecular weight excluding hydrogens is 323 g/mol. The summed E-state index contributed by atoms with van der Waals surface area (Å²) in [6.07, 6.45) is 1.66. The number of nitrogens with zero attached hydrogens (tertiary/aromatic N) is 3. The zero-order valence-corrected chi connectivity index (χ0v) is 14.2. The first-order chi connectivity index (χ1) is 12.0. The minimum Gasteiger partial charge on any atom is -0.367 e. The molecular formula is C18H19FN4O2. The minimum absolute atomic E-state index is 0.0926. The molecule has 1 unspecified atom stereocenters. The van der Waals surface area contributed by atoms with Crippen LogP contribution in [0.1, 0.15) is 40.2 Å². The Labute approximate surface area is 145 Å². The highest BCUT2D eigenvalue weighted by Crippen LogP contribution is 2.24. The average Bonchev–Trinajstić information content (AvgIpc) is 2.93. The van der Waals surface area contributed by atoms with E-state index in [1.54, 1.807) is 26.0 Å². The number of halogens is 1. The summed E-state index contributed by atoms with van der Waals surface area (Å²) in [4.78, 5) is 14.4. The molecule has 0 bridgehead atoms. The lowest BCUT2D eigenvalue weighted by atomic mass is 10.0. The Morgan fingerprint density at radius 1 is 1.48 bits per heavy atom. The molecule has 0 aliphatic carbocycles. The van der Waals surface area contributed by atoms with Gasteiger partial charge >= 0.3 is 0 Å². The predicted octanol–water partition coefficient (Wildman–Crippen LogP) is 2.70. The summed E-state index contributed by atoms with van der Waals surface area (Å²) in [5.74, 6) is -0.152. The molecule has 1 N–H and O–H groups in total. The van der Waals surface area contributed by atoms with Gasteiger partial charge in [-0.1, -0.05) is 5.16 Å². The van der Waals surface area contributed by atoms with Gasteiger partial charge in [0, 0.05) is 19.1 Å². The fraction of sp³-hybridized carbons (Fsp3) is 0.389. The summed E-state index contributed by atoms with van der Waals surface area (Å²) < 4.78 is 19.3. The SMILES string of the molecule is Cc1noc(C)c1C(=O)NC1CCCN(c2ccc(C#N)cc2F)C1. The molecule has 6 nitrogen and oxygen atoms in total. The lowest BCUT2D eigenvalue weighted by molar-refractivity contribution is 0.0931. The Bertz CT molecular complexity index is 821. The number of aryl methyl sites for hydroxylation is 2. The fourth-order valence-electron chi connectivity index (χ4n) is 3.21. The first kappa shape index (κ1) is 17.0. The van der Waals surface area contributed by atoms with Gasteiger partial charge in [-0.25, -0.2) is 4.39 Å². The third kappa shape index (κ3) is 3.48. The van der Waals surface area contributed by atoms with Gasteiger partial charge in [0.05, 0.1) is 23.0 Å². The Morgan fingerprint density at radius 2 is 2.28 bits per heavy atom. The van der Waals surface area contributed by atoms with Crippen molar-refractivity contribution in [3.05, 3.63) is 46.6 Å². The third-order valence-corrected chi connectivity index (χ3v) is 4.43. The number of rotatable bonds is 3. The second-order valence-corrected chi connectivity index (χ2v) is 6.24. The summed E-state index contributed by atoms with van der Waals surface area (Å²) in [5.41, 5.74) is 1.76. The predicted molar refractivity (Wildman–Crippen MR) is 89.8 cm³/mol. The van der Waals surface area contributed by atoms with Gasteiger partial charge in [-0.15, -0.1) is 0 Å². The van der Waals surface area contributed by atoms with Crippen LogP contribution in [0.25, 0.3) is 0 Å². The van der Waals surface area contributed by atoms with Crippen molar-refractivity contribution in [2.24, 2.45) is 0 Å². The van der Waals surface area contributed by atoms with E-state index in [1.807, 2.05) is 11.0 Å². The van der Waals surface area contributed by atoms with Crippen molar-refractivity contribution >= 4 is 11.6 Å². The largest absolute Gasteiger partial charge is 0.367 e. The van der Waals surface area contributed by atoms with Gasteiger partial charge in [0.2, 0.25) is 0 Å². The van der Waals surface area contributed by atoms with E-state index >= 15 is 0 Å². The van der Waals surface area contributed by atoms with E-state index in [0.717, 1.165) is 12.8 Å². The van der Waals surface area contributed by atoms with Gasteiger partial charge < -0.3 is 14.7 Å². The molecule has 1 aromatic heterocycles. The Kier molecular flexibility index (Phi) is 4.70. The Morgan fingerprint density at radius 3 is 2.92 bits per heavy atom. The molecule has 1 aliphatic rings. The standard InChI is InChI=1S/C18H19FN4O2/c1-11-17(12(2)25-22-11)18(24)21-14-4-3-7-23(10-14)16-6-5-13(9-20)8-15(16)19/h5-6,8,14H,3-4,7,10H2,1-2H3,(H,21,24). The van der Waals surface area contributed by atoms with Crippen LogP contribution >= 0.6 is 0 Å². The number of benzene rings is 1. The number of nitriles is 1. The molecule has 2 aromatic rings. The molecule has 3 rings (SSSR count). The number of piperidine rings is 1. The van der Waals surface area contributed by atoms with Crippen LogP contribution in [-0.2, 0) is 0 Å². The topological polar surface area (TPSA) is 82.2 Å². The summed E-state index contributed by atoms with van der Waals surface area (Å²) in [5, 5.41) is 15.6. The van der Waals surface area contributed by atoms with Crippen molar-refractivity contribution in [2.75, 3.05) is 18.0 Å². The molecule has 0 radical (unpaired) electrons. The monoisotopic (exact) mass is 342 g/mol. The van der Waals surface area contributed by atoms with Crippen LogP contribution in [0, 0.1) is 31.0 Å². The number of aromatic nitrogens is 1. The lowest BCUT2D eigenvalue weighted by Gasteiger charge is -2.35. The highest BCUT2D eigenvalue weighted by Gasteiger charge is 2.26. The molecule has 1 aromatic carbocycles. The zero-order valence-electron chi connectivity index (χ0n) is 14.2. The Balaban J connectivity index is 1.71. The molecule has 7 heteroatoms. The highest BCUT2D eigenvalue weighted by atomic mass is 19.1. The number of carbonyl (C=O) groups is 1. The number of hydrogen-bond donors (Lipinski definition) is 1. The second-order valence-electron chi connectivity index (χ2n) is 6.24. The van der Waals surface area contributed by atoms with Crippen molar-refractivity contribution in [3.63, 3.8) is 0 Å². The maximum Gasteiger partial charge on any atom is 0.257 e. The van der Waals surface area contributed by atoms with E-state index < -0.39 is 5.82 Å². The van der Waals surface area contributed by atoms with E-state index in [4.69, 9.17) is 9.78 Å². The van der Waals surface area contributed by atoms with Crippen molar-refractivity contribution in [1.82, 2.24) is 10.5 Å². The van der Waals surface area contributed by atoms with Crippen molar-refractivity contribution in [2.45, 2.75) is 32.7 Å². The zero-order chi connectivity index (χ0) is 18.0. The second kappa shape index (κ2) is 6.93. The average molecular weight is 342 g/mol. The number of anilines is 1.